The van der Waals surface area contributed by atoms with Crippen molar-refractivity contribution in [3.05, 3.63) is 84.4 Å². The molecule has 0 radical (unpaired) electrons. The van der Waals surface area contributed by atoms with Gasteiger partial charge in [0.2, 0.25) is 0 Å². The van der Waals surface area contributed by atoms with Gasteiger partial charge >= 0.3 is 0 Å². The molecule has 0 atom stereocenters. The Hall–Kier alpha value is -2.60. The van der Waals surface area contributed by atoms with Crippen molar-refractivity contribution in [1.82, 2.24) is 0 Å². The molecule has 4 aromatic carbocycles. The molecule has 0 N–H and O–H groups in total. The smallest absolute Gasteiger partial charge is 0.00268 e. The third-order valence-corrected chi connectivity index (χ3v) is 4.64. The first-order chi connectivity index (χ1) is 11.2. The highest BCUT2D eigenvalue weighted by Gasteiger charge is 2.09. The second kappa shape index (κ2) is 5.55. The molecule has 0 unspecified atom stereocenters. The van der Waals surface area contributed by atoms with Crippen molar-refractivity contribution in [2.75, 3.05) is 0 Å². The fraction of sp³-hybridized carbons (Fsp3) is 0.130. The number of hydrogen-bond donors (Lipinski definition) is 0. The summed E-state index contributed by atoms with van der Waals surface area (Å²) in [5.74, 6) is 0.563. The zero-order valence-electron chi connectivity index (χ0n) is 13.6. The molecule has 0 fully saturated rings. The molecule has 112 valence electrons. The minimum atomic E-state index is 0.563. The third kappa shape index (κ3) is 2.41. The molecule has 4 aromatic rings. The lowest BCUT2D eigenvalue weighted by atomic mass is 9.91. The van der Waals surface area contributed by atoms with Crippen LogP contribution in [-0.2, 0) is 0 Å². The molecule has 0 aliphatic rings. The van der Waals surface area contributed by atoms with Crippen LogP contribution >= 0.6 is 0 Å². The molecule has 0 aromatic heterocycles. The minimum Gasteiger partial charge on any atom is -0.0616 e. The number of fused-ring (bicyclic) bond motifs is 2. The van der Waals surface area contributed by atoms with Crippen LogP contribution in [-0.4, -0.2) is 0 Å². The first kappa shape index (κ1) is 14.0. The van der Waals surface area contributed by atoms with E-state index in [1.165, 1.54) is 38.2 Å². The van der Waals surface area contributed by atoms with Crippen LogP contribution in [0.5, 0.6) is 0 Å². The molecular formula is C23H20. The Morgan fingerprint density at radius 3 is 1.65 bits per heavy atom. The topological polar surface area (TPSA) is 0 Å². The van der Waals surface area contributed by atoms with E-state index in [1.807, 2.05) is 0 Å². The van der Waals surface area contributed by atoms with E-state index in [2.05, 4.69) is 92.7 Å². The van der Waals surface area contributed by atoms with Crippen LogP contribution in [0.4, 0.5) is 0 Å². The Labute approximate surface area is 137 Å². The summed E-state index contributed by atoms with van der Waals surface area (Å²) in [5.41, 5.74) is 4.02. The second-order valence-electron chi connectivity index (χ2n) is 6.47. The number of rotatable bonds is 2. The van der Waals surface area contributed by atoms with Gasteiger partial charge in [0.15, 0.2) is 0 Å². The lowest BCUT2D eigenvalue weighted by Gasteiger charge is -2.13. The fourth-order valence-electron chi connectivity index (χ4n) is 3.36. The van der Waals surface area contributed by atoms with E-state index in [0.29, 0.717) is 5.92 Å². The zero-order chi connectivity index (χ0) is 15.8. The van der Waals surface area contributed by atoms with Crippen LogP contribution in [0.2, 0.25) is 0 Å². The van der Waals surface area contributed by atoms with Crippen molar-refractivity contribution >= 4 is 21.5 Å². The number of hydrogen-bond acceptors (Lipinski definition) is 0. The molecule has 0 heteroatoms. The highest BCUT2D eigenvalue weighted by Crippen LogP contribution is 2.36. The number of benzene rings is 4. The molecule has 0 amide bonds. The van der Waals surface area contributed by atoms with Gasteiger partial charge in [0.1, 0.15) is 0 Å². The lowest BCUT2D eigenvalue weighted by Crippen LogP contribution is -1.89. The van der Waals surface area contributed by atoms with Crippen molar-refractivity contribution in [3.8, 4) is 11.1 Å². The van der Waals surface area contributed by atoms with Crippen molar-refractivity contribution in [1.29, 1.82) is 0 Å². The lowest BCUT2D eigenvalue weighted by molar-refractivity contribution is 0.867. The van der Waals surface area contributed by atoms with E-state index in [1.54, 1.807) is 0 Å². The largest absolute Gasteiger partial charge is 0.0616 e. The molecule has 4 rings (SSSR count). The van der Waals surface area contributed by atoms with Crippen molar-refractivity contribution in [2.24, 2.45) is 0 Å². The minimum absolute atomic E-state index is 0.563. The second-order valence-corrected chi connectivity index (χ2v) is 6.47. The molecule has 0 saturated carbocycles. The van der Waals surface area contributed by atoms with E-state index in [4.69, 9.17) is 0 Å². The summed E-state index contributed by atoms with van der Waals surface area (Å²) in [5, 5.41) is 5.25. The Morgan fingerprint density at radius 1 is 0.609 bits per heavy atom. The SMILES string of the molecule is CC(C)c1ccc(-c2c3ccccc3cc3ccccc23)cc1. The van der Waals surface area contributed by atoms with E-state index in [-0.39, 0.29) is 0 Å². The molecule has 0 saturated heterocycles. The van der Waals surface area contributed by atoms with Gasteiger partial charge in [-0.2, -0.15) is 0 Å². The average molecular weight is 296 g/mol. The summed E-state index contributed by atoms with van der Waals surface area (Å²) in [6, 6.07) is 28.7. The van der Waals surface area contributed by atoms with Gasteiger partial charge in [-0.1, -0.05) is 86.6 Å². The molecule has 0 heterocycles. The molecule has 23 heavy (non-hydrogen) atoms. The van der Waals surface area contributed by atoms with Crippen LogP contribution in [0.1, 0.15) is 25.3 Å². The van der Waals surface area contributed by atoms with Crippen LogP contribution in [0, 0.1) is 0 Å². The standard InChI is InChI=1S/C23H20/c1-16(2)17-11-13-18(14-12-17)23-21-9-5-3-7-19(21)15-20-8-4-6-10-22(20)23/h3-16H,1-2H3. The van der Waals surface area contributed by atoms with Crippen LogP contribution < -0.4 is 0 Å². The van der Waals surface area contributed by atoms with Gasteiger partial charge in [-0.3, -0.25) is 0 Å². The summed E-state index contributed by atoms with van der Waals surface area (Å²) in [6.07, 6.45) is 0. The summed E-state index contributed by atoms with van der Waals surface area (Å²) in [4.78, 5) is 0. The van der Waals surface area contributed by atoms with Gasteiger partial charge in [-0.15, -0.1) is 0 Å². The summed E-state index contributed by atoms with van der Waals surface area (Å²) in [7, 11) is 0. The predicted octanol–water partition coefficient (Wildman–Crippen LogP) is 6.78. The maximum absolute atomic E-state index is 2.29. The Morgan fingerprint density at radius 2 is 1.13 bits per heavy atom. The normalized spacial score (nSPS) is 11.4. The predicted molar refractivity (Wildman–Crippen MR) is 101 cm³/mol. The summed E-state index contributed by atoms with van der Waals surface area (Å²) < 4.78 is 0. The van der Waals surface area contributed by atoms with E-state index in [9.17, 15) is 0 Å². The summed E-state index contributed by atoms with van der Waals surface area (Å²) in [6.45, 7) is 4.48. The molecule has 0 aliphatic carbocycles. The molecule has 0 bridgehead atoms. The first-order valence-corrected chi connectivity index (χ1v) is 8.25. The Bertz CT molecular complexity index is 922. The first-order valence-electron chi connectivity index (χ1n) is 8.25. The highest BCUT2D eigenvalue weighted by molar-refractivity contribution is 6.12. The van der Waals surface area contributed by atoms with E-state index >= 15 is 0 Å². The van der Waals surface area contributed by atoms with Gasteiger partial charge in [-0.05, 0) is 50.2 Å². The van der Waals surface area contributed by atoms with Crippen molar-refractivity contribution in [3.63, 3.8) is 0 Å². The molecule has 0 aliphatic heterocycles. The molecule has 0 nitrogen and oxygen atoms in total. The third-order valence-electron chi connectivity index (χ3n) is 4.64. The van der Waals surface area contributed by atoms with Crippen LogP contribution in [0.3, 0.4) is 0 Å². The van der Waals surface area contributed by atoms with Gasteiger partial charge in [0, 0.05) is 0 Å². The Balaban J connectivity index is 2.06. The maximum atomic E-state index is 2.29. The van der Waals surface area contributed by atoms with E-state index < -0.39 is 0 Å². The van der Waals surface area contributed by atoms with Crippen molar-refractivity contribution in [2.45, 2.75) is 19.8 Å². The van der Waals surface area contributed by atoms with Gasteiger partial charge in [0.25, 0.3) is 0 Å². The Kier molecular flexibility index (Phi) is 3.38. The maximum Gasteiger partial charge on any atom is -0.00268 e. The van der Waals surface area contributed by atoms with Gasteiger partial charge in [0.05, 0.1) is 0 Å². The monoisotopic (exact) mass is 296 g/mol. The van der Waals surface area contributed by atoms with Crippen molar-refractivity contribution < 1.29 is 0 Å². The highest BCUT2D eigenvalue weighted by atomic mass is 14.1. The quantitative estimate of drug-likeness (QED) is 0.357. The fourth-order valence-corrected chi connectivity index (χ4v) is 3.36. The zero-order valence-corrected chi connectivity index (χ0v) is 13.6. The van der Waals surface area contributed by atoms with Gasteiger partial charge < -0.3 is 0 Å². The molecule has 0 spiro atoms. The van der Waals surface area contributed by atoms with E-state index in [0.717, 1.165) is 0 Å². The average Bonchev–Trinajstić information content (AvgIpc) is 2.59. The van der Waals surface area contributed by atoms with Gasteiger partial charge in [-0.25, -0.2) is 0 Å². The molecular weight excluding hydrogens is 276 g/mol. The van der Waals surface area contributed by atoms with Crippen LogP contribution in [0.15, 0.2) is 78.9 Å². The summed E-state index contributed by atoms with van der Waals surface area (Å²) >= 11 is 0. The van der Waals surface area contributed by atoms with Crippen LogP contribution in [0.25, 0.3) is 32.7 Å².